The molecule has 308 valence electrons. The highest BCUT2D eigenvalue weighted by Crippen LogP contribution is 2.33. The summed E-state index contributed by atoms with van der Waals surface area (Å²) >= 11 is 0. The zero-order valence-electron chi connectivity index (χ0n) is 33.3. The van der Waals surface area contributed by atoms with Crippen LogP contribution < -0.4 is 0 Å². The zero-order chi connectivity index (χ0) is 38.0. The van der Waals surface area contributed by atoms with Crippen LogP contribution in [0.5, 0.6) is 0 Å². The normalized spacial score (nSPS) is 25.6. The second-order valence-corrected chi connectivity index (χ2v) is 21.9. The van der Waals surface area contributed by atoms with Crippen LogP contribution in [0.4, 0.5) is 4.39 Å². The SMILES string of the molecule is CCCCCCCCCCCCCC[C@@H](O)[C@@H](O)[C@@H](/C=C(/F)CCCCCCCCCC[Si]1(C)CCCCC1)COC1OC(CO)C(O)C(O)C1O. The number of hydrogen-bond donors (Lipinski definition) is 6. The van der Waals surface area contributed by atoms with Crippen molar-refractivity contribution in [2.24, 2.45) is 5.92 Å². The fourth-order valence-corrected chi connectivity index (χ4v) is 12.2. The molecule has 6 N–H and O–H groups in total. The van der Waals surface area contributed by atoms with Crippen LogP contribution in [0.25, 0.3) is 0 Å². The molecular weight excluding hydrogens is 680 g/mol. The van der Waals surface area contributed by atoms with Gasteiger partial charge in [0, 0.05) is 5.92 Å². The summed E-state index contributed by atoms with van der Waals surface area (Å²) in [6, 6.07) is 4.56. The van der Waals surface area contributed by atoms with Crippen molar-refractivity contribution in [2.75, 3.05) is 13.2 Å². The van der Waals surface area contributed by atoms with E-state index in [1.54, 1.807) is 0 Å². The van der Waals surface area contributed by atoms with Gasteiger partial charge >= 0.3 is 0 Å². The third-order valence-electron chi connectivity index (χ3n) is 11.9. The minimum atomic E-state index is -1.60. The largest absolute Gasteiger partial charge is 0.394 e. The predicted octanol–water partition coefficient (Wildman–Crippen LogP) is 8.86. The molecule has 0 spiro atoms. The first-order valence-electron chi connectivity index (χ1n) is 21.8. The summed E-state index contributed by atoms with van der Waals surface area (Å²) in [5, 5.41) is 62.2. The summed E-state index contributed by atoms with van der Waals surface area (Å²) in [6.45, 7) is 3.97. The zero-order valence-corrected chi connectivity index (χ0v) is 34.3. The Kier molecular flexibility index (Phi) is 26.5. The van der Waals surface area contributed by atoms with Crippen molar-refractivity contribution in [2.45, 2.75) is 235 Å². The van der Waals surface area contributed by atoms with Crippen LogP contribution in [-0.4, -0.2) is 94.8 Å². The monoisotopic (exact) mass is 761 g/mol. The lowest BCUT2D eigenvalue weighted by molar-refractivity contribution is -0.303. The lowest BCUT2D eigenvalue weighted by Crippen LogP contribution is -2.59. The van der Waals surface area contributed by atoms with Gasteiger partial charge < -0.3 is 40.1 Å². The number of aliphatic hydroxyl groups excluding tert-OH is 6. The molecule has 0 aromatic heterocycles. The van der Waals surface area contributed by atoms with Crippen LogP contribution in [0.1, 0.15) is 167 Å². The Balaban J connectivity index is 1.75. The summed E-state index contributed by atoms with van der Waals surface area (Å²) in [7, 11) is -0.928. The van der Waals surface area contributed by atoms with Crippen LogP contribution in [0.15, 0.2) is 11.9 Å². The van der Waals surface area contributed by atoms with Gasteiger partial charge in [0.1, 0.15) is 24.4 Å². The summed E-state index contributed by atoms with van der Waals surface area (Å²) < 4.78 is 26.4. The molecule has 2 saturated heterocycles. The first-order valence-corrected chi connectivity index (χ1v) is 24.9. The maximum absolute atomic E-state index is 15.2. The highest BCUT2D eigenvalue weighted by atomic mass is 28.3. The van der Waals surface area contributed by atoms with E-state index in [0.29, 0.717) is 12.8 Å². The third kappa shape index (κ3) is 19.9. The number of halogens is 1. The summed E-state index contributed by atoms with van der Waals surface area (Å²) in [6.07, 6.45) is 20.1. The van der Waals surface area contributed by atoms with Crippen LogP contribution in [-0.2, 0) is 9.47 Å². The second kappa shape index (κ2) is 28.9. The fraction of sp³-hybridized carbons (Fsp3) is 0.952. The minimum absolute atomic E-state index is 0.237. The number of ether oxygens (including phenoxy) is 2. The molecule has 2 aliphatic heterocycles. The smallest absolute Gasteiger partial charge is 0.186 e. The molecule has 0 bridgehead atoms. The molecule has 0 radical (unpaired) electrons. The maximum Gasteiger partial charge on any atom is 0.186 e. The lowest BCUT2D eigenvalue weighted by atomic mass is 9.93. The number of allylic oxidation sites excluding steroid dienone is 1. The van der Waals surface area contributed by atoms with Gasteiger partial charge in [-0.1, -0.05) is 173 Å². The van der Waals surface area contributed by atoms with Crippen LogP contribution in [0.3, 0.4) is 0 Å². The molecule has 0 aliphatic carbocycles. The molecule has 0 aromatic carbocycles. The van der Waals surface area contributed by atoms with E-state index in [-0.39, 0.29) is 18.9 Å². The Bertz CT molecular complexity index is 888. The van der Waals surface area contributed by atoms with E-state index in [9.17, 15) is 30.6 Å². The van der Waals surface area contributed by atoms with Gasteiger partial charge in [-0.3, -0.25) is 0 Å². The first kappa shape index (κ1) is 47.7. The Labute approximate surface area is 318 Å². The van der Waals surface area contributed by atoms with Crippen molar-refractivity contribution in [3.8, 4) is 0 Å². The minimum Gasteiger partial charge on any atom is -0.394 e. The van der Waals surface area contributed by atoms with Crippen molar-refractivity contribution in [1.82, 2.24) is 0 Å². The van der Waals surface area contributed by atoms with E-state index in [2.05, 4.69) is 13.5 Å². The van der Waals surface area contributed by atoms with Crippen molar-refractivity contribution in [1.29, 1.82) is 0 Å². The Morgan fingerprint density at radius 3 is 1.81 bits per heavy atom. The van der Waals surface area contributed by atoms with E-state index in [0.717, 1.165) is 38.5 Å². The standard InChI is InChI=1S/C42H81FO8Si/c1-3-4-5-6-7-8-9-10-11-15-18-22-27-36(45)38(46)34(33-50-42-41(49)40(48)39(47)37(32-44)51-42)31-35(43)26-21-17-14-12-13-16-19-23-28-52(2)29-24-20-25-30-52/h31,34,36-42,44-49H,3-30,32-33H2,1-2H3/b35-31+/t34-,36+,37?,38-,39?,40?,41?,42?/m0/s1. The van der Waals surface area contributed by atoms with Gasteiger partial charge in [-0.25, -0.2) is 4.39 Å². The first-order chi connectivity index (χ1) is 25.1. The molecule has 0 amide bonds. The highest BCUT2D eigenvalue weighted by molar-refractivity contribution is 6.78. The molecule has 0 aromatic rings. The van der Waals surface area contributed by atoms with E-state index in [4.69, 9.17) is 9.47 Å². The summed E-state index contributed by atoms with van der Waals surface area (Å²) in [5.74, 6) is -1.29. The van der Waals surface area contributed by atoms with Crippen LogP contribution >= 0.6 is 0 Å². The molecule has 8 atom stereocenters. The van der Waals surface area contributed by atoms with Crippen molar-refractivity contribution >= 4 is 8.07 Å². The molecule has 8 nitrogen and oxygen atoms in total. The maximum atomic E-state index is 15.2. The Hall–Kier alpha value is -0.433. The molecule has 5 unspecified atom stereocenters. The van der Waals surface area contributed by atoms with E-state index in [1.807, 2.05) is 0 Å². The van der Waals surface area contributed by atoms with Gasteiger partial charge in [-0.15, -0.1) is 0 Å². The van der Waals surface area contributed by atoms with Gasteiger partial charge in [-0.2, -0.15) is 0 Å². The van der Waals surface area contributed by atoms with Gasteiger partial charge in [0.05, 0.1) is 39.3 Å². The number of aliphatic hydroxyl groups is 6. The van der Waals surface area contributed by atoms with Crippen molar-refractivity contribution < 1.29 is 44.5 Å². The lowest BCUT2D eigenvalue weighted by Gasteiger charge is -2.40. The molecule has 2 rings (SSSR count). The van der Waals surface area contributed by atoms with Gasteiger partial charge in [-0.05, 0) is 25.3 Å². The molecular formula is C42H81FO8Si. The highest BCUT2D eigenvalue weighted by Gasteiger charge is 2.44. The fourth-order valence-electron chi connectivity index (χ4n) is 8.18. The number of rotatable bonds is 31. The van der Waals surface area contributed by atoms with Crippen LogP contribution in [0.2, 0.25) is 24.7 Å². The van der Waals surface area contributed by atoms with Gasteiger partial charge in [0.25, 0.3) is 0 Å². The third-order valence-corrected chi connectivity index (χ3v) is 16.6. The van der Waals surface area contributed by atoms with Gasteiger partial charge in [0.15, 0.2) is 6.29 Å². The molecule has 0 saturated carbocycles. The van der Waals surface area contributed by atoms with Crippen LogP contribution in [0, 0.1) is 5.92 Å². The summed E-state index contributed by atoms with van der Waals surface area (Å²) in [5.41, 5.74) is 0. The predicted molar refractivity (Wildman–Crippen MR) is 212 cm³/mol. The number of hydrogen-bond acceptors (Lipinski definition) is 8. The average Bonchev–Trinajstić information content (AvgIpc) is 3.14. The second-order valence-electron chi connectivity index (χ2n) is 16.7. The van der Waals surface area contributed by atoms with Crippen molar-refractivity contribution in [3.63, 3.8) is 0 Å². The van der Waals surface area contributed by atoms with Gasteiger partial charge in [0.2, 0.25) is 0 Å². The summed E-state index contributed by atoms with van der Waals surface area (Å²) in [4.78, 5) is 0. The van der Waals surface area contributed by atoms with E-state index >= 15 is 4.39 Å². The quantitative estimate of drug-likeness (QED) is 0.0304. The molecule has 2 heterocycles. The van der Waals surface area contributed by atoms with E-state index < -0.39 is 63.5 Å². The molecule has 10 heteroatoms. The van der Waals surface area contributed by atoms with E-state index in [1.165, 1.54) is 127 Å². The van der Waals surface area contributed by atoms with Crippen molar-refractivity contribution in [3.05, 3.63) is 11.9 Å². The Morgan fingerprint density at radius 1 is 0.731 bits per heavy atom. The molecule has 52 heavy (non-hydrogen) atoms. The molecule has 2 aliphatic rings. The topological polar surface area (TPSA) is 140 Å². The Morgan fingerprint density at radius 2 is 1.25 bits per heavy atom. The average molecular weight is 761 g/mol. The molecule has 2 fully saturated rings. The number of unbranched alkanes of at least 4 members (excludes halogenated alkanes) is 18.